The van der Waals surface area contributed by atoms with Gasteiger partial charge in [0.05, 0.1) is 14.1 Å². The van der Waals surface area contributed by atoms with Crippen molar-refractivity contribution in [3.05, 3.63) is 52.0 Å². The summed E-state index contributed by atoms with van der Waals surface area (Å²) in [4.78, 5) is 0. The fraction of sp³-hybridized carbons (Fsp3) is 0.200. The van der Waals surface area contributed by atoms with Crippen LogP contribution in [0.25, 0.3) is 10.9 Å². The Balaban J connectivity index is 1.84. The number of nitrogens with zero attached hydrogens (tertiary/aromatic N) is 1. The first-order chi connectivity index (χ1) is 9.81. The molecule has 5 heteroatoms. The van der Waals surface area contributed by atoms with Crippen LogP contribution in [0.5, 0.6) is 0 Å². The molecule has 0 spiro atoms. The minimum atomic E-state index is 0.843. The van der Waals surface area contributed by atoms with Gasteiger partial charge in [-0.2, -0.15) is 0 Å². The molecule has 0 saturated heterocycles. The van der Waals surface area contributed by atoms with Gasteiger partial charge in [0, 0.05) is 30.1 Å². The number of hydrogen-bond acceptors (Lipinski definition) is 3. The molecule has 1 aromatic carbocycles. The molecule has 1 N–H and O–H groups in total. The Hall–Kier alpha value is -0.940. The number of aromatic nitrogens is 1. The normalized spacial score (nSPS) is 14.7. The van der Waals surface area contributed by atoms with Gasteiger partial charge in [-0.25, -0.2) is 0 Å². The highest BCUT2D eigenvalue weighted by molar-refractivity contribution is 7.99. The SMILES string of the molecule is Clc1ccc(Sn2cc3c4c(cccc42)CNCC3)s1. The molecule has 1 aliphatic heterocycles. The van der Waals surface area contributed by atoms with Crippen molar-refractivity contribution in [2.45, 2.75) is 17.2 Å². The van der Waals surface area contributed by atoms with E-state index in [2.05, 4.69) is 39.8 Å². The molecule has 2 nitrogen and oxygen atoms in total. The molecule has 0 radical (unpaired) electrons. The molecule has 20 heavy (non-hydrogen) atoms. The Labute approximate surface area is 130 Å². The van der Waals surface area contributed by atoms with E-state index in [0.29, 0.717) is 0 Å². The molecule has 0 amide bonds. The van der Waals surface area contributed by atoms with Crippen LogP contribution in [0.2, 0.25) is 4.34 Å². The van der Waals surface area contributed by atoms with Crippen molar-refractivity contribution in [3.8, 4) is 0 Å². The summed E-state index contributed by atoms with van der Waals surface area (Å²) < 4.78 is 4.34. The molecule has 0 saturated carbocycles. The molecule has 0 aliphatic carbocycles. The smallest absolute Gasteiger partial charge is 0.0940 e. The minimum absolute atomic E-state index is 0.843. The fourth-order valence-electron chi connectivity index (χ4n) is 2.72. The van der Waals surface area contributed by atoms with Gasteiger partial charge in [-0.1, -0.05) is 23.7 Å². The maximum Gasteiger partial charge on any atom is 0.0940 e. The van der Waals surface area contributed by atoms with Crippen LogP contribution < -0.4 is 5.32 Å². The molecular weight excluding hydrogens is 308 g/mol. The summed E-state index contributed by atoms with van der Waals surface area (Å²) >= 11 is 9.40. The monoisotopic (exact) mass is 320 g/mol. The molecular formula is C15H13ClN2S2. The molecule has 0 bridgehead atoms. The van der Waals surface area contributed by atoms with Crippen LogP contribution in [-0.4, -0.2) is 10.5 Å². The molecule has 0 unspecified atom stereocenters. The maximum absolute atomic E-state index is 6.02. The summed E-state index contributed by atoms with van der Waals surface area (Å²) in [5.41, 5.74) is 4.14. The second-order valence-corrected chi connectivity index (χ2v) is 7.86. The van der Waals surface area contributed by atoms with Crippen LogP contribution >= 0.6 is 34.9 Å². The zero-order chi connectivity index (χ0) is 13.5. The molecule has 4 rings (SSSR count). The quantitative estimate of drug-likeness (QED) is 0.745. The van der Waals surface area contributed by atoms with E-state index in [1.807, 2.05) is 6.07 Å². The van der Waals surface area contributed by atoms with Crippen molar-refractivity contribution < 1.29 is 0 Å². The summed E-state index contributed by atoms with van der Waals surface area (Å²) in [6.45, 7) is 2.01. The lowest BCUT2D eigenvalue weighted by Crippen LogP contribution is -2.13. The van der Waals surface area contributed by atoms with Gasteiger partial charge in [0.15, 0.2) is 0 Å². The first kappa shape index (κ1) is 12.8. The highest BCUT2D eigenvalue weighted by Gasteiger charge is 2.15. The fourth-order valence-corrected chi connectivity index (χ4v) is 5.05. The van der Waals surface area contributed by atoms with E-state index >= 15 is 0 Å². The molecule has 0 fully saturated rings. The Morgan fingerprint density at radius 2 is 2.15 bits per heavy atom. The van der Waals surface area contributed by atoms with Crippen molar-refractivity contribution >= 4 is 45.8 Å². The zero-order valence-electron chi connectivity index (χ0n) is 10.7. The largest absolute Gasteiger partial charge is 0.312 e. The molecule has 3 aromatic rings. The summed E-state index contributed by atoms with van der Waals surface area (Å²) in [6, 6.07) is 10.6. The van der Waals surface area contributed by atoms with Crippen molar-refractivity contribution in [2.24, 2.45) is 0 Å². The second-order valence-electron chi connectivity index (χ2n) is 4.87. The third-order valence-corrected chi connectivity index (χ3v) is 5.90. The Morgan fingerprint density at radius 1 is 1.20 bits per heavy atom. The van der Waals surface area contributed by atoms with Crippen LogP contribution in [0.15, 0.2) is 40.7 Å². The average Bonchev–Trinajstić information content (AvgIpc) is 2.93. The van der Waals surface area contributed by atoms with E-state index in [9.17, 15) is 0 Å². The highest BCUT2D eigenvalue weighted by atomic mass is 35.5. The third kappa shape index (κ3) is 2.17. The van der Waals surface area contributed by atoms with Gasteiger partial charge in [0.2, 0.25) is 0 Å². The Kier molecular flexibility index (Phi) is 3.27. The number of rotatable bonds is 2. The molecule has 2 aromatic heterocycles. The zero-order valence-corrected chi connectivity index (χ0v) is 13.1. The second kappa shape index (κ2) is 5.11. The van der Waals surface area contributed by atoms with Crippen molar-refractivity contribution in [1.29, 1.82) is 0 Å². The van der Waals surface area contributed by atoms with Gasteiger partial charge in [-0.05, 0) is 42.3 Å². The van der Waals surface area contributed by atoms with Gasteiger partial charge in [-0.15, -0.1) is 11.3 Å². The summed E-state index contributed by atoms with van der Waals surface area (Å²) in [5, 5.41) is 4.91. The van der Waals surface area contributed by atoms with Gasteiger partial charge in [0.25, 0.3) is 0 Å². The molecule has 102 valence electrons. The van der Waals surface area contributed by atoms with Gasteiger partial charge >= 0.3 is 0 Å². The summed E-state index contributed by atoms with van der Waals surface area (Å²) in [6.07, 6.45) is 3.37. The van der Waals surface area contributed by atoms with E-state index in [4.69, 9.17) is 11.6 Å². The first-order valence-corrected chi connectivity index (χ1v) is 8.54. The van der Waals surface area contributed by atoms with Crippen molar-refractivity contribution in [2.75, 3.05) is 6.54 Å². The van der Waals surface area contributed by atoms with Crippen LogP contribution in [0.4, 0.5) is 0 Å². The Bertz CT molecular complexity index is 775. The highest BCUT2D eigenvalue weighted by Crippen LogP contribution is 2.36. The molecule has 1 aliphatic rings. The van der Waals surface area contributed by atoms with Crippen molar-refractivity contribution in [1.82, 2.24) is 9.29 Å². The maximum atomic E-state index is 6.02. The lowest BCUT2D eigenvalue weighted by molar-refractivity contribution is 0.701. The van der Waals surface area contributed by atoms with Gasteiger partial charge in [-0.3, -0.25) is 3.97 Å². The van der Waals surface area contributed by atoms with E-state index in [0.717, 1.165) is 23.8 Å². The number of thiophene rings is 1. The van der Waals surface area contributed by atoms with Crippen LogP contribution in [0, 0.1) is 0 Å². The lowest BCUT2D eigenvalue weighted by Gasteiger charge is -2.05. The average molecular weight is 321 g/mol. The third-order valence-electron chi connectivity index (χ3n) is 3.58. The molecule has 0 atom stereocenters. The van der Waals surface area contributed by atoms with E-state index < -0.39 is 0 Å². The number of halogens is 1. The standard InChI is InChI=1S/C15H13ClN2S2/c16-13-4-5-14(19-13)20-18-9-11-6-7-17-8-10-2-1-3-12(18)15(10)11/h1-5,9,17H,6-8H2. The number of benzene rings is 1. The predicted octanol–water partition coefficient (Wildman–Crippen LogP) is 4.56. The first-order valence-electron chi connectivity index (χ1n) is 6.57. The summed E-state index contributed by atoms with van der Waals surface area (Å²) in [5.74, 6) is 0. The van der Waals surface area contributed by atoms with Crippen LogP contribution in [0.1, 0.15) is 11.1 Å². The number of hydrogen-bond donors (Lipinski definition) is 1. The molecule has 3 heterocycles. The predicted molar refractivity (Wildman–Crippen MR) is 87.9 cm³/mol. The van der Waals surface area contributed by atoms with Crippen LogP contribution in [-0.2, 0) is 13.0 Å². The van der Waals surface area contributed by atoms with Crippen LogP contribution in [0.3, 0.4) is 0 Å². The number of nitrogens with one attached hydrogen (secondary N) is 1. The van der Waals surface area contributed by atoms with E-state index in [1.54, 1.807) is 23.3 Å². The van der Waals surface area contributed by atoms with E-state index in [-0.39, 0.29) is 0 Å². The van der Waals surface area contributed by atoms with Gasteiger partial charge < -0.3 is 5.32 Å². The minimum Gasteiger partial charge on any atom is -0.312 e. The van der Waals surface area contributed by atoms with Gasteiger partial charge in [0.1, 0.15) is 0 Å². The van der Waals surface area contributed by atoms with Crippen molar-refractivity contribution in [3.63, 3.8) is 0 Å². The lowest BCUT2D eigenvalue weighted by atomic mass is 10.1. The summed E-state index contributed by atoms with van der Waals surface area (Å²) in [7, 11) is 0. The Morgan fingerprint density at radius 3 is 3.00 bits per heavy atom. The van der Waals surface area contributed by atoms with E-state index in [1.165, 1.54) is 26.2 Å². The topological polar surface area (TPSA) is 17.0 Å².